The van der Waals surface area contributed by atoms with E-state index in [1.165, 1.54) is 24.0 Å². The number of rotatable bonds is 8. The van der Waals surface area contributed by atoms with Gasteiger partial charge in [-0.25, -0.2) is 0 Å². The predicted octanol–water partition coefficient (Wildman–Crippen LogP) is 4.67. The van der Waals surface area contributed by atoms with Crippen molar-refractivity contribution in [3.63, 3.8) is 0 Å². The van der Waals surface area contributed by atoms with E-state index in [0.29, 0.717) is 23.7 Å². The van der Waals surface area contributed by atoms with Gasteiger partial charge in [0.25, 0.3) is 0 Å². The van der Waals surface area contributed by atoms with Crippen LogP contribution >= 0.6 is 0 Å². The standard InChI is InChI=1S/2C17H23.2BrH.Hf/c2*1-6-13-7-15-9-14(11(2)3)10-16(12(4)5)17(15)8-13;;;/h2*7-12H,6H2,1-5H3;2*1H;/q;;;;+2/p-2. The summed E-state index contributed by atoms with van der Waals surface area (Å²) in [6, 6.07) is 10.2. The molecule has 0 bridgehead atoms. The summed E-state index contributed by atoms with van der Waals surface area (Å²) in [5.74, 6) is 2.31. The largest absolute Gasteiger partial charge is 1.00 e. The minimum absolute atomic E-state index is 0. The first-order valence-electron chi connectivity index (χ1n) is 14.1. The van der Waals surface area contributed by atoms with Crippen LogP contribution in [-0.4, -0.2) is 0 Å². The van der Waals surface area contributed by atoms with Crippen molar-refractivity contribution in [3.8, 4) is 0 Å². The Labute approximate surface area is 260 Å². The van der Waals surface area contributed by atoms with Crippen LogP contribution in [0.5, 0.6) is 0 Å². The molecule has 0 aromatic heterocycles. The molecular formula is C34H46Br2Hf. The van der Waals surface area contributed by atoms with Gasteiger partial charge in [-0.1, -0.05) is 0 Å². The molecule has 2 atom stereocenters. The summed E-state index contributed by atoms with van der Waals surface area (Å²) in [7, 11) is 0. The van der Waals surface area contributed by atoms with Crippen LogP contribution in [0.2, 0.25) is 0 Å². The SMILES string of the molecule is CCC1=Cc2c(C(C)C)cc(C(C)C)cc2[CH]1[Hf+2][CH]1C(CC)=Cc2c(C(C)C)cc(C(C)C)cc21.[Br-].[Br-]. The van der Waals surface area contributed by atoms with Gasteiger partial charge in [-0.15, -0.1) is 0 Å². The van der Waals surface area contributed by atoms with Crippen molar-refractivity contribution in [3.05, 3.63) is 79.9 Å². The number of halogens is 2. The predicted molar refractivity (Wildman–Crippen MR) is 151 cm³/mol. The second kappa shape index (κ2) is 13.4. The fourth-order valence-corrected chi connectivity index (χ4v) is 13.8. The zero-order valence-electron chi connectivity index (χ0n) is 24.6. The van der Waals surface area contributed by atoms with Gasteiger partial charge in [0.1, 0.15) is 0 Å². The summed E-state index contributed by atoms with van der Waals surface area (Å²) in [4.78, 5) is 0. The summed E-state index contributed by atoms with van der Waals surface area (Å²) in [6.07, 6.45) is 7.60. The van der Waals surface area contributed by atoms with Gasteiger partial charge in [-0.2, -0.15) is 0 Å². The van der Waals surface area contributed by atoms with E-state index in [9.17, 15) is 0 Å². The third-order valence-electron chi connectivity index (χ3n) is 8.28. The Kier molecular flexibility index (Phi) is 11.9. The first kappa shape index (κ1) is 33.0. The maximum atomic E-state index is 2.61. The molecule has 0 nitrogen and oxygen atoms in total. The summed E-state index contributed by atoms with van der Waals surface area (Å²) in [5.41, 5.74) is 16.2. The van der Waals surface area contributed by atoms with E-state index < -0.39 is 22.9 Å². The zero-order valence-corrected chi connectivity index (χ0v) is 31.4. The van der Waals surface area contributed by atoms with E-state index in [0.717, 1.165) is 7.35 Å². The van der Waals surface area contributed by atoms with Crippen LogP contribution in [0.25, 0.3) is 12.2 Å². The number of benzene rings is 2. The van der Waals surface area contributed by atoms with Crippen molar-refractivity contribution >= 4 is 12.2 Å². The Bertz CT molecular complexity index is 1080. The van der Waals surface area contributed by atoms with Crippen molar-refractivity contribution < 1.29 is 56.9 Å². The molecule has 2 aliphatic carbocycles. The Hall–Kier alpha value is -0.250. The molecule has 0 radical (unpaired) electrons. The Morgan fingerprint density at radius 1 is 0.568 bits per heavy atom. The molecular weight excluding hydrogens is 747 g/mol. The van der Waals surface area contributed by atoms with Crippen LogP contribution in [0.3, 0.4) is 0 Å². The molecule has 2 aromatic rings. The minimum Gasteiger partial charge on any atom is -1.00 e. The third-order valence-corrected chi connectivity index (χ3v) is 15.6. The van der Waals surface area contributed by atoms with E-state index >= 15 is 0 Å². The molecule has 4 rings (SSSR count). The summed E-state index contributed by atoms with van der Waals surface area (Å²) in [6.45, 7) is 23.7. The number of hydrogen-bond acceptors (Lipinski definition) is 0. The Morgan fingerprint density at radius 2 is 0.919 bits per heavy atom. The first-order valence-corrected chi connectivity index (χ1v) is 18.2. The summed E-state index contributed by atoms with van der Waals surface area (Å²) >= 11 is -1.14. The molecule has 2 aromatic carbocycles. The average molecular weight is 793 g/mol. The van der Waals surface area contributed by atoms with Crippen molar-refractivity contribution in [1.29, 1.82) is 0 Å². The van der Waals surface area contributed by atoms with E-state index in [1.807, 2.05) is 0 Å². The average Bonchev–Trinajstić information content (AvgIpc) is 3.35. The molecule has 2 aliphatic rings. The third kappa shape index (κ3) is 6.40. The number of fused-ring (bicyclic) bond motifs is 2. The van der Waals surface area contributed by atoms with Gasteiger partial charge in [0, 0.05) is 0 Å². The zero-order chi connectivity index (χ0) is 25.6. The van der Waals surface area contributed by atoms with Gasteiger partial charge < -0.3 is 34.0 Å². The molecule has 3 heteroatoms. The molecule has 200 valence electrons. The van der Waals surface area contributed by atoms with Crippen molar-refractivity contribution in [2.75, 3.05) is 0 Å². The van der Waals surface area contributed by atoms with Gasteiger partial charge in [-0.3, -0.25) is 0 Å². The monoisotopic (exact) mass is 792 g/mol. The minimum atomic E-state index is -1.14. The molecule has 0 heterocycles. The first-order chi connectivity index (χ1) is 16.6. The molecule has 0 amide bonds. The number of allylic oxidation sites excluding steroid dienone is 2. The van der Waals surface area contributed by atoms with Crippen molar-refractivity contribution in [2.24, 2.45) is 0 Å². The fourth-order valence-electron chi connectivity index (χ4n) is 5.99. The van der Waals surface area contributed by atoms with Gasteiger partial charge in [-0.05, 0) is 0 Å². The normalized spacial score (nSPS) is 17.9. The fraction of sp³-hybridized carbons (Fsp3) is 0.529. The molecule has 37 heavy (non-hydrogen) atoms. The smallest absolute Gasteiger partial charge is 1.00 e. The molecule has 2 unspecified atom stereocenters. The number of hydrogen-bond donors (Lipinski definition) is 0. The van der Waals surface area contributed by atoms with Gasteiger partial charge in [0.2, 0.25) is 0 Å². The molecule has 0 spiro atoms. The second-order valence-corrected chi connectivity index (χ2v) is 17.4. The molecule has 0 N–H and O–H groups in total. The quantitative estimate of drug-likeness (QED) is 0.342. The van der Waals surface area contributed by atoms with Crippen molar-refractivity contribution in [1.82, 2.24) is 0 Å². The van der Waals surface area contributed by atoms with Crippen LogP contribution in [-0.2, 0) is 22.9 Å². The Morgan fingerprint density at radius 3 is 1.19 bits per heavy atom. The maximum Gasteiger partial charge on any atom is -1.00 e. The van der Waals surface area contributed by atoms with Crippen LogP contribution in [0.4, 0.5) is 0 Å². The second-order valence-electron chi connectivity index (χ2n) is 12.0. The van der Waals surface area contributed by atoms with Gasteiger partial charge >= 0.3 is 228 Å². The van der Waals surface area contributed by atoms with Gasteiger partial charge in [0.15, 0.2) is 0 Å². The van der Waals surface area contributed by atoms with E-state index in [2.05, 4.69) is 106 Å². The van der Waals surface area contributed by atoms with E-state index in [-0.39, 0.29) is 34.0 Å². The van der Waals surface area contributed by atoms with E-state index in [1.54, 1.807) is 44.5 Å². The molecule has 0 aliphatic heterocycles. The van der Waals surface area contributed by atoms with Crippen LogP contribution < -0.4 is 34.0 Å². The topological polar surface area (TPSA) is 0 Å². The van der Waals surface area contributed by atoms with Crippen LogP contribution in [0.1, 0.15) is 158 Å². The summed E-state index contributed by atoms with van der Waals surface area (Å²) in [5, 5.41) is 0. The molecule has 0 saturated heterocycles. The van der Waals surface area contributed by atoms with Crippen molar-refractivity contribution in [2.45, 2.75) is 113 Å². The van der Waals surface area contributed by atoms with Gasteiger partial charge in [0.05, 0.1) is 0 Å². The van der Waals surface area contributed by atoms with Crippen LogP contribution in [0, 0.1) is 0 Å². The molecule has 0 fully saturated rings. The maximum absolute atomic E-state index is 2.61. The van der Waals surface area contributed by atoms with E-state index in [4.69, 9.17) is 0 Å². The molecule has 0 saturated carbocycles. The van der Waals surface area contributed by atoms with Crippen LogP contribution in [0.15, 0.2) is 35.4 Å². The summed E-state index contributed by atoms with van der Waals surface area (Å²) < 4.78 is 1.45. The Balaban J connectivity index is 0.00000241.